The molecule has 0 radical (unpaired) electrons. The molecule has 2 amide bonds. The summed E-state index contributed by atoms with van der Waals surface area (Å²) >= 11 is 0. The molecule has 258 valence electrons. The zero-order valence-corrected chi connectivity index (χ0v) is 27.3. The summed E-state index contributed by atoms with van der Waals surface area (Å²) in [6, 6.07) is 6.10. The molecule has 3 aromatic heterocycles. The number of rotatable bonds is 8. The second kappa shape index (κ2) is 14.2. The predicted octanol–water partition coefficient (Wildman–Crippen LogP) is 4.54. The van der Waals surface area contributed by atoms with E-state index in [0.717, 1.165) is 53.3 Å². The van der Waals surface area contributed by atoms with Crippen LogP contribution in [0, 0.1) is 13.8 Å². The van der Waals surface area contributed by atoms with Gasteiger partial charge in [-0.1, -0.05) is 0 Å². The third kappa shape index (κ3) is 7.63. The van der Waals surface area contributed by atoms with Crippen molar-refractivity contribution in [2.75, 3.05) is 41.8 Å². The normalized spacial score (nSPS) is 16.0. The maximum Gasteiger partial charge on any atom is 0.417 e. The molecule has 3 N–H and O–H groups in total. The summed E-state index contributed by atoms with van der Waals surface area (Å²) in [5.74, 6) is -0.573. The number of carbonyl (C=O) groups excluding carboxylic acids is 2. The van der Waals surface area contributed by atoms with E-state index < -0.39 is 29.1 Å². The molecule has 16 heteroatoms. The second-order valence-corrected chi connectivity index (χ2v) is 12.2. The van der Waals surface area contributed by atoms with Crippen molar-refractivity contribution >= 4 is 29.3 Å². The van der Waals surface area contributed by atoms with Crippen LogP contribution in [0.1, 0.15) is 63.2 Å². The minimum atomic E-state index is -4.85. The number of piperidine rings is 1. The molecule has 0 unspecified atom stereocenters. The lowest BCUT2D eigenvalue weighted by Gasteiger charge is -2.34. The molecule has 13 nitrogen and oxygen atoms in total. The number of halogens is 3. The van der Waals surface area contributed by atoms with Gasteiger partial charge in [0.15, 0.2) is 5.82 Å². The highest BCUT2D eigenvalue weighted by Crippen LogP contribution is 2.35. The molecule has 2 fully saturated rings. The van der Waals surface area contributed by atoms with E-state index in [9.17, 15) is 22.8 Å². The van der Waals surface area contributed by atoms with Crippen LogP contribution in [0.4, 0.5) is 30.6 Å². The van der Waals surface area contributed by atoms with Gasteiger partial charge in [-0.3, -0.25) is 14.3 Å². The molecule has 6 rings (SSSR count). The van der Waals surface area contributed by atoms with Gasteiger partial charge in [0.1, 0.15) is 11.4 Å². The fourth-order valence-electron chi connectivity index (χ4n) is 6.07. The zero-order chi connectivity index (χ0) is 34.7. The number of nitrogens with one attached hydrogen (secondary N) is 3. The Morgan fingerprint density at radius 3 is 2.37 bits per heavy atom. The van der Waals surface area contributed by atoms with E-state index in [1.807, 2.05) is 27.0 Å². The van der Waals surface area contributed by atoms with E-state index in [-0.39, 0.29) is 29.4 Å². The lowest BCUT2D eigenvalue weighted by Crippen LogP contribution is -2.45. The highest BCUT2D eigenvalue weighted by atomic mass is 19.4. The summed E-state index contributed by atoms with van der Waals surface area (Å²) in [6.07, 6.45) is 0.794. The fourth-order valence-corrected chi connectivity index (χ4v) is 6.07. The Labute approximate surface area is 280 Å². The largest absolute Gasteiger partial charge is 0.417 e. The van der Waals surface area contributed by atoms with Crippen LogP contribution in [0.25, 0.3) is 11.4 Å². The number of hydrogen-bond acceptors (Lipinski definition) is 10. The Bertz CT molecular complexity index is 1830. The number of ether oxygens (including phenoxy) is 1. The van der Waals surface area contributed by atoms with Crippen molar-refractivity contribution in [3.63, 3.8) is 0 Å². The maximum absolute atomic E-state index is 14.2. The van der Waals surface area contributed by atoms with E-state index in [1.54, 1.807) is 10.9 Å². The van der Waals surface area contributed by atoms with Gasteiger partial charge in [-0.2, -0.15) is 18.3 Å². The van der Waals surface area contributed by atoms with Crippen molar-refractivity contribution < 1.29 is 27.5 Å². The van der Waals surface area contributed by atoms with Gasteiger partial charge in [0.25, 0.3) is 11.8 Å². The van der Waals surface area contributed by atoms with Crippen LogP contribution in [0.5, 0.6) is 0 Å². The van der Waals surface area contributed by atoms with Crippen LogP contribution < -0.4 is 20.9 Å². The highest BCUT2D eigenvalue weighted by Gasteiger charge is 2.36. The van der Waals surface area contributed by atoms with Gasteiger partial charge in [-0.25, -0.2) is 9.97 Å². The van der Waals surface area contributed by atoms with Gasteiger partial charge < -0.3 is 25.6 Å². The average Bonchev–Trinajstić information content (AvgIpc) is 3.51. The Morgan fingerprint density at radius 2 is 1.67 bits per heavy atom. The van der Waals surface area contributed by atoms with E-state index in [0.29, 0.717) is 39.1 Å². The minimum Gasteiger partial charge on any atom is -0.381 e. The summed E-state index contributed by atoms with van der Waals surface area (Å²) in [5.41, 5.74) is 1.73. The first-order valence-electron chi connectivity index (χ1n) is 16.1. The number of hydrogen-bond donors (Lipinski definition) is 3. The van der Waals surface area contributed by atoms with Gasteiger partial charge in [0, 0.05) is 63.5 Å². The molecule has 2 aliphatic heterocycles. The maximum atomic E-state index is 14.2. The molecule has 0 saturated carbocycles. The first-order valence-corrected chi connectivity index (χ1v) is 16.1. The molecule has 1 aromatic carbocycles. The number of aromatic nitrogens is 6. The molecule has 0 spiro atoms. The van der Waals surface area contributed by atoms with Gasteiger partial charge in [0.05, 0.1) is 16.8 Å². The fraction of sp³-hybridized carbons (Fsp3) is 0.424. The van der Waals surface area contributed by atoms with Crippen LogP contribution in [0.3, 0.4) is 0 Å². The number of carbonyl (C=O) groups is 2. The number of benzene rings is 1. The lowest BCUT2D eigenvalue weighted by molar-refractivity contribution is -0.137. The summed E-state index contributed by atoms with van der Waals surface area (Å²) in [5, 5.41) is 21.5. The molecule has 2 aliphatic rings. The van der Waals surface area contributed by atoms with Crippen LogP contribution in [-0.2, 0) is 18.0 Å². The first-order chi connectivity index (χ1) is 23.5. The van der Waals surface area contributed by atoms with Crippen LogP contribution in [0.15, 0.2) is 42.7 Å². The third-order valence-corrected chi connectivity index (χ3v) is 8.96. The summed E-state index contributed by atoms with van der Waals surface area (Å²) < 4.78 is 49.7. The molecule has 0 bridgehead atoms. The number of nitrogens with zero attached hydrogens (tertiary/aromatic N) is 7. The number of amides is 2. The summed E-state index contributed by atoms with van der Waals surface area (Å²) in [7, 11) is 1.84. The average molecular weight is 679 g/mol. The molecule has 0 atom stereocenters. The summed E-state index contributed by atoms with van der Waals surface area (Å²) in [6.45, 7) is 6.25. The first kappa shape index (κ1) is 33.8. The number of aryl methyl sites for hydroxylation is 1. The highest BCUT2D eigenvalue weighted by molar-refractivity contribution is 6.03. The van der Waals surface area contributed by atoms with E-state index >= 15 is 0 Å². The van der Waals surface area contributed by atoms with Crippen molar-refractivity contribution in [2.45, 2.75) is 57.8 Å². The molecular weight excluding hydrogens is 641 g/mol. The number of alkyl halides is 3. The summed E-state index contributed by atoms with van der Waals surface area (Å²) in [4.78, 5) is 36.6. The van der Waals surface area contributed by atoms with E-state index in [2.05, 4.69) is 46.1 Å². The molecular formula is C33H37F3N10O3. The van der Waals surface area contributed by atoms with Gasteiger partial charge >= 0.3 is 6.18 Å². The Kier molecular flexibility index (Phi) is 9.76. The lowest BCUT2D eigenvalue weighted by atomic mass is 10.0. The molecule has 49 heavy (non-hydrogen) atoms. The number of anilines is 3. The SMILES string of the molecule is Cc1c(-c2ccnn2C)nnc(N2CCC(NC(=O)c3ccc(NC(=O)c4ccnc(NC5CCOCC5)n4)cc3C(F)(F)F)CC2)c1C. The molecule has 0 aliphatic carbocycles. The molecule has 2 saturated heterocycles. The standard InChI is InChI=1S/C33H37F3N10O3/c1-19-20(2)29(44-43-28(19)27-7-13-38-45(27)3)46-14-8-21(9-15-46)39-30(47)24-5-4-23(18-25(24)33(34,35)36)40-31(48)26-6-12-37-32(42-26)41-22-10-16-49-17-11-22/h4-7,12-13,18,21-22H,8-11,14-17H2,1-3H3,(H,39,47)(H,40,48)(H,37,41,42). The van der Waals surface area contributed by atoms with Crippen LogP contribution >= 0.6 is 0 Å². The van der Waals surface area contributed by atoms with E-state index in [1.165, 1.54) is 18.3 Å². The predicted molar refractivity (Wildman–Crippen MR) is 175 cm³/mol. The second-order valence-electron chi connectivity index (χ2n) is 12.2. The Balaban J connectivity index is 1.09. The van der Waals surface area contributed by atoms with Crippen LogP contribution in [-0.4, -0.2) is 80.1 Å². The Morgan fingerprint density at radius 1 is 0.918 bits per heavy atom. The Hall–Kier alpha value is -5.12. The van der Waals surface area contributed by atoms with Crippen molar-refractivity contribution in [1.29, 1.82) is 0 Å². The van der Waals surface area contributed by atoms with Gasteiger partial charge in [0.2, 0.25) is 5.95 Å². The van der Waals surface area contributed by atoms with Gasteiger partial charge in [-0.15, -0.1) is 10.2 Å². The third-order valence-electron chi connectivity index (χ3n) is 8.96. The smallest absolute Gasteiger partial charge is 0.381 e. The quantitative estimate of drug-likeness (QED) is 0.242. The van der Waals surface area contributed by atoms with E-state index in [4.69, 9.17) is 4.74 Å². The zero-order valence-electron chi connectivity index (χ0n) is 27.3. The topological polar surface area (TPSA) is 152 Å². The van der Waals surface area contributed by atoms with Crippen molar-refractivity contribution in [2.24, 2.45) is 7.05 Å². The van der Waals surface area contributed by atoms with Crippen molar-refractivity contribution in [1.82, 2.24) is 35.3 Å². The van der Waals surface area contributed by atoms with Crippen molar-refractivity contribution in [3.8, 4) is 11.4 Å². The molecule has 4 aromatic rings. The van der Waals surface area contributed by atoms with Crippen LogP contribution in [0.2, 0.25) is 0 Å². The van der Waals surface area contributed by atoms with Gasteiger partial charge in [-0.05, 0) is 81.0 Å². The monoisotopic (exact) mass is 678 g/mol. The molecule has 5 heterocycles. The minimum absolute atomic E-state index is 0.0213. The van der Waals surface area contributed by atoms with Crippen molar-refractivity contribution in [3.05, 3.63) is 70.7 Å².